The van der Waals surface area contributed by atoms with Crippen LogP contribution in [0.25, 0.3) is 0 Å². The molecule has 0 unspecified atom stereocenters. The molecule has 19 heavy (non-hydrogen) atoms. The van der Waals surface area contributed by atoms with Crippen LogP contribution in [0.15, 0.2) is 46.0 Å². The quantitative estimate of drug-likeness (QED) is 0.852. The molecule has 1 aromatic heterocycles. The molecule has 0 radical (unpaired) electrons. The van der Waals surface area contributed by atoms with E-state index in [9.17, 15) is 8.42 Å². The Hall–Kier alpha value is -1.33. The van der Waals surface area contributed by atoms with Gasteiger partial charge in [-0.05, 0) is 42.8 Å². The zero-order valence-electron chi connectivity index (χ0n) is 10.6. The van der Waals surface area contributed by atoms with Crippen molar-refractivity contribution in [1.82, 2.24) is 0 Å². The molecular weight excluding hydrogens is 278 g/mol. The molecule has 0 spiro atoms. The van der Waals surface area contributed by atoms with Crippen molar-refractivity contribution in [2.45, 2.75) is 30.0 Å². The molecule has 2 heterocycles. The molecule has 0 aliphatic carbocycles. The van der Waals surface area contributed by atoms with Crippen LogP contribution in [-0.4, -0.2) is 14.5 Å². The number of hydrogen-bond donors (Lipinski definition) is 0. The van der Waals surface area contributed by atoms with E-state index in [-0.39, 0.29) is 6.04 Å². The Balaban J connectivity index is 2.15. The van der Waals surface area contributed by atoms with Gasteiger partial charge in [0, 0.05) is 6.04 Å². The molecule has 0 N–H and O–H groups in total. The van der Waals surface area contributed by atoms with Gasteiger partial charge in [-0.25, -0.2) is 8.42 Å². The molecule has 0 bridgehead atoms. The van der Waals surface area contributed by atoms with Crippen LogP contribution in [0.5, 0.6) is 0 Å². The summed E-state index contributed by atoms with van der Waals surface area (Å²) in [5, 5.41) is 1.80. The molecule has 0 saturated carbocycles. The first-order chi connectivity index (χ1) is 9.10. The van der Waals surface area contributed by atoms with Gasteiger partial charge in [-0.15, -0.1) is 11.3 Å². The summed E-state index contributed by atoms with van der Waals surface area (Å²) in [7, 11) is -3.43. The minimum atomic E-state index is -3.43. The molecule has 0 saturated heterocycles. The van der Waals surface area contributed by atoms with Crippen molar-refractivity contribution < 1.29 is 8.42 Å². The van der Waals surface area contributed by atoms with Crippen LogP contribution in [0.3, 0.4) is 0 Å². The maximum absolute atomic E-state index is 12.8. The Morgan fingerprint density at radius 2 is 2.00 bits per heavy atom. The number of thiophene rings is 1. The smallest absolute Gasteiger partial charge is 0.263 e. The van der Waals surface area contributed by atoms with Gasteiger partial charge in [0.15, 0.2) is 0 Å². The van der Waals surface area contributed by atoms with Gasteiger partial charge >= 0.3 is 0 Å². The maximum atomic E-state index is 12.8. The summed E-state index contributed by atoms with van der Waals surface area (Å²) in [5.41, 5.74) is 1.94. The van der Waals surface area contributed by atoms with Crippen molar-refractivity contribution in [3.63, 3.8) is 0 Å². The van der Waals surface area contributed by atoms with E-state index in [1.807, 2.05) is 31.2 Å². The SMILES string of the molecule is C[C@@H]1CCc2ccccc2N1S(=O)(=O)c1cccs1. The highest BCUT2D eigenvalue weighted by Gasteiger charge is 2.33. The predicted molar refractivity (Wildman–Crippen MR) is 78.2 cm³/mol. The highest BCUT2D eigenvalue weighted by Crippen LogP contribution is 2.36. The second kappa shape index (κ2) is 4.65. The van der Waals surface area contributed by atoms with Crippen LogP contribution < -0.4 is 4.31 Å². The third kappa shape index (κ3) is 2.07. The van der Waals surface area contributed by atoms with Crippen molar-refractivity contribution in [3.05, 3.63) is 47.3 Å². The monoisotopic (exact) mass is 293 g/mol. The van der Waals surface area contributed by atoms with Crippen LogP contribution in [0, 0.1) is 0 Å². The standard InChI is InChI=1S/C14H15NO2S2/c1-11-8-9-12-5-2-3-6-13(12)15(11)19(16,17)14-7-4-10-18-14/h2-7,10-11H,8-9H2,1H3/t11-/m1/s1. The lowest BCUT2D eigenvalue weighted by Crippen LogP contribution is -2.41. The molecule has 1 aliphatic rings. The molecule has 0 amide bonds. The number of benzene rings is 1. The number of nitrogens with zero attached hydrogens (tertiary/aromatic N) is 1. The third-order valence-corrected chi connectivity index (χ3v) is 6.77. The zero-order chi connectivity index (χ0) is 13.5. The lowest BCUT2D eigenvalue weighted by molar-refractivity contribution is 0.565. The van der Waals surface area contributed by atoms with Crippen molar-refractivity contribution >= 4 is 27.0 Å². The average molecular weight is 293 g/mol. The second-order valence-corrected chi connectivity index (χ2v) is 7.74. The molecule has 2 aromatic rings. The fourth-order valence-corrected chi connectivity index (χ4v) is 5.33. The van der Waals surface area contributed by atoms with Gasteiger partial charge in [-0.2, -0.15) is 0 Å². The molecular formula is C14H15NO2S2. The summed E-state index contributed by atoms with van der Waals surface area (Å²) in [4.78, 5) is 0. The Kier molecular flexibility index (Phi) is 3.11. The summed E-state index contributed by atoms with van der Waals surface area (Å²) in [6, 6.07) is 11.2. The summed E-state index contributed by atoms with van der Waals surface area (Å²) < 4.78 is 27.5. The average Bonchev–Trinajstić information content (AvgIpc) is 2.92. The van der Waals surface area contributed by atoms with Crippen molar-refractivity contribution in [1.29, 1.82) is 0 Å². The van der Waals surface area contributed by atoms with E-state index in [4.69, 9.17) is 0 Å². The largest absolute Gasteiger partial charge is 0.274 e. The minimum Gasteiger partial charge on any atom is -0.263 e. The topological polar surface area (TPSA) is 37.4 Å². The molecule has 0 fully saturated rings. The molecule has 100 valence electrons. The zero-order valence-corrected chi connectivity index (χ0v) is 12.2. The van der Waals surface area contributed by atoms with Crippen molar-refractivity contribution in [3.8, 4) is 0 Å². The van der Waals surface area contributed by atoms with Crippen LogP contribution in [0.4, 0.5) is 5.69 Å². The van der Waals surface area contributed by atoms with E-state index in [2.05, 4.69) is 0 Å². The summed E-state index contributed by atoms with van der Waals surface area (Å²) >= 11 is 1.27. The van der Waals surface area contributed by atoms with E-state index >= 15 is 0 Å². The van der Waals surface area contributed by atoms with Gasteiger partial charge in [-0.1, -0.05) is 24.3 Å². The third-order valence-electron chi connectivity index (χ3n) is 3.47. The number of para-hydroxylation sites is 1. The Bertz CT molecular complexity index is 677. The Morgan fingerprint density at radius 3 is 2.74 bits per heavy atom. The number of anilines is 1. The molecule has 5 heteroatoms. The summed E-state index contributed by atoms with van der Waals surface area (Å²) in [6.07, 6.45) is 1.80. The van der Waals surface area contributed by atoms with Gasteiger partial charge in [0.25, 0.3) is 10.0 Å². The highest BCUT2D eigenvalue weighted by molar-refractivity contribution is 7.94. The molecule has 3 rings (SSSR count). The van der Waals surface area contributed by atoms with Gasteiger partial charge in [0.2, 0.25) is 0 Å². The van der Waals surface area contributed by atoms with Gasteiger partial charge in [0.1, 0.15) is 4.21 Å². The van der Waals surface area contributed by atoms with Crippen molar-refractivity contribution in [2.24, 2.45) is 0 Å². The lowest BCUT2D eigenvalue weighted by Gasteiger charge is -2.35. The number of fused-ring (bicyclic) bond motifs is 1. The maximum Gasteiger partial charge on any atom is 0.274 e. The van der Waals surface area contributed by atoms with E-state index in [1.165, 1.54) is 11.3 Å². The van der Waals surface area contributed by atoms with E-state index < -0.39 is 10.0 Å². The Morgan fingerprint density at radius 1 is 1.21 bits per heavy atom. The normalized spacial score (nSPS) is 19.2. The highest BCUT2D eigenvalue weighted by atomic mass is 32.2. The van der Waals surface area contributed by atoms with Crippen LogP contribution in [0.2, 0.25) is 0 Å². The van der Waals surface area contributed by atoms with Crippen LogP contribution in [-0.2, 0) is 16.4 Å². The fraction of sp³-hybridized carbons (Fsp3) is 0.286. The Labute approximate surface area is 117 Å². The number of sulfonamides is 1. The van der Waals surface area contributed by atoms with Gasteiger partial charge in [0.05, 0.1) is 5.69 Å². The fourth-order valence-electron chi connectivity index (χ4n) is 2.53. The number of aryl methyl sites for hydroxylation is 1. The molecule has 1 atom stereocenters. The first-order valence-electron chi connectivity index (χ1n) is 6.26. The molecule has 1 aliphatic heterocycles. The van der Waals surface area contributed by atoms with Crippen molar-refractivity contribution in [2.75, 3.05) is 4.31 Å². The molecule has 3 nitrogen and oxygen atoms in total. The van der Waals surface area contributed by atoms with Gasteiger partial charge < -0.3 is 0 Å². The second-order valence-electron chi connectivity index (χ2n) is 4.75. The van der Waals surface area contributed by atoms with Crippen LogP contribution in [0.1, 0.15) is 18.9 Å². The first kappa shape index (κ1) is 12.7. The van der Waals surface area contributed by atoms with Gasteiger partial charge in [-0.3, -0.25) is 4.31 Å². The van der Waals surface area contributed by atoms with E-state index in [1.54, 1.807) is 21.8 Å². The predicted octanol–water partition coefficient (Wildman–Crippen LogP) is 3.28. The van der Waals surface area contributed by atoms with Crippen LogP contribution >= 0.6 is 11.3 Å². The summed E-state index contributed by atoms with van der Waals surface area (Å²) in [6.45, 7) is 1.97. The number of hydrogen-bond acceptors (Lipinski definition) is 3. The first-order valence-corrected chi connectivity index (χ1v) is 8.58. The number of rotatable bonds is 2. The lowest BCUT2D eigenvalue weighted by atomic mass is 9.99. The van der Waals surface area contributed by atoms with E-state index in [0.717, 1.165) is 24.1 Å². The summed E-state index contributed by atoms with van der Waals surface area (Å²) in [5.74, 6) is 0. The molecule has 1 aromatic carbocycles. The van der Waals surface area contributed by atoms with E-state index in [0.29, 0.717) is 4.21 Å². The minimum absolute atomic E-state index is 0.00185.